The van der Waals surface area contributed by atoms with Crippen LogP contribution in [0, 0.1) is 0 Å². The van der Waals surface area contributed by atoms with Crippen LogP contribution in [0.5, 0.6) is 5.75 Å². The van der Waals surface area contributed by atoms with Gasteiger partial charge in [0.1, 0.15) is 5.75 Å². The minimum absolute atomic E-state index is 0.167. The van der Waals surface area contributed by atoms with E-state index in [1.807, 2.05) is 78.9 Å². The molecule has 3 nitrogen and oxygen atoms in total. The summed E-state index contributed by atoms with van der Waals surface area (Å²) in [5.74, 6) is 0.623. The fourth-order valence-corrected chi connectivity index (χ4v) is 2.52. The van der Waals surface area contributed by atoms with Crippen LogP contribution in [-0.2, 0) is 4.79 Å². The Bertz CT molecular complexity index is 868. The smallest absolute Gasteiger partial charge is 0.248 e. The average Bonchev–Trinajstić information content (AvgIpc) is 2.68. The summed E-state index contributed by atoms with van der Waals surface area (Å²) < 4.78 is 5.13. The molecule has 124 valence electrons. The van der Waals surface area contributed by atoms with Crippen LogP contribution in [0.15, 0.2) is 84.9 Å². The molecule has 0 aliphatic heterocycles. The van der Waals surface area contributed by atoms with Crippen molar-refractivity contribution in [3.8, 4) is 16.9 Å². The summed E-state index contributed by atoms with van der Waals surface area (Å²) in [6.45, 7) is 0. The van der Waals surface area contributed by atoms with Crippen LogP contribution in [0.1, 0.15) is 5.56 Å². The van der Waals surface area contributed by atoms with E-state index in [2.05, 4.69) is 5.32 Å². The van der Waals surface area contributed by atoms with Crippen molar-refractivity contribution in [2.45, 2.75) is 0 Å². The lowest BCUT2D eigenvalue weighted by Gasteiger charge is -2.10. The zero-order chi connectivity index (χ0) is 17.5. The van der Waals surface area contributed by atoms with Gasteiger partial charge in [0.15, 0.2) is 0 Å². The van der Waals surface area contributed by atoms with Crippen molar-refractivity contribution in [1.29, 1.82) is 0 Å². The number of benzene rings is 3. The quantitative estimate of drug-likeness (QED) is 0.668. The van der Waals surface area contributed by atoms with Crippen molar-refractivity contribution in [2.75, 3.05) is 12.4 Å². The minimum atomic E-state index is -0.167. The van der Waals surface area contributed by atoms with E-state index in [1.54, 1.807) is 13.2 Å². The number of nitrogens with one attached hydrogen (secondary N) is 1. The third kappa shape index (κ3) is 4.36. The lowest BCUT2D eigenvalue weighted by Crippen LogP contribution is -2.08. The topological polar surface area (TPSA) is 38.3 Å². The van der Waals surface area contributed by atoms with Gasteiger partial charge in [-0.3, -0.25) is 4.79 Å². The van der Waals surface area contributed by atoms with Crippen molar-refractivity contribution in [3.63, 3.8) is 0 Å². The molecule has 0 saturated heterocycles. The number of anilines is 1. The third-order valence-electron chi connectivity index (χ3n) is 3.81. The molecule has 0 radical (unpaired) electrons. The maximum absolute atomic E-state index is 12.3. The number of ether oxygens (including phenoxy) is 1. The summed E-state index contributed by atoms with van der Waals surface area (Å²) in [6.07, 6.45) is 3.31. The number of rotatable bonds is 5. The number of para-hydroxylation sites is 1. The van der Waals surface area contributed by atoms with Crippen LogP contribution in [-0.4, -0.2) is 13.0 Å². The van der Waals surface area contributed by atoms with Crippen LogP contribution >= 0.6 is 0 Å². The molecule has 0 saturated carbocycles. The fourth-order valence-electron chi connectivity index (χ4n) is 2.52. The summed E-state index contributed by atoms with van der Waals surface area (Å²) in [5, 5.41) is 2.95. The molecule has 0 atom stereocenters. The number of methoxy groups -OCH3 is 1. The minimum Gasteiger partial charge on any atom is -0.497 e. The molecule has 1 N–H and O–H groups in total. The first-order valence-electron chi connectivity index (χ1n) is 8.04. The summed E-state index contributed by atoms with van der Waals surface area (Å²) in [5.41, 5.74) is 3.79. The molecular formula is C22H19NO2. The lowest BCUT2D eigenvalue weighted by atomic mass is 10.0. The highest BCUT2D eigenvalue weighted by Gasteiger charge is 2.06. The molecule has 0 aliphatic carbocycles. The number of carbonyl (C=O) groups is 1. The van der Waals surface area contributed by atoms with Gasteiger partial charge >= 0.3 is 0 Å². The van der Waals surface area contributed by atoms with Crippen molar-refractivity contribution >= 4 is 17.7 Å². The average molecular weight is 329 g/mol. The fraction of sp³-hybridized carbons (Fsp3) is 0.0455. The monoisotopic (exact) mass is 329 g/mol. The van der Waals surface area contributed by atoms with Gasteiger partial charge in [0.05, 0.1) is 7.11 Å². The van der Waals surface area contributed by atoms with Gasteiger partial charge in [-0.1, -0.05) is 60.7 Å². The summed E-state index contributed by atoms with van der Waals surface area (Å²) in [7, 11) is 1.63. The molecule has 25 heavy (non-hydrogen) atoms. The van der Waals surface area contributed by atoms with Crippen LogP contribution in [0.3, 0.4) is 0 Å². The Labute approximate surface area is 147 Å². The van der Waals surface area contributed by atoms with Crippen LogP contribution in [0.4, 0.5) is 5.69 Å². The van der Waals surface area contributed by atoms with Crippen molar-refractivity contribution < 1.29 is 9.53 Å². The van der Waals surface area contributed by atoms with Crippen LogP contribution in [0.2, 0.25) is 0 Å². The highest BCUT2D eigenvalue weighted by molar-refractivity contribution is 6.04. The highest BCUT2D eigenvalue weighted by Crippen LogP contribution is 2.27. The second-order valence-corrected chi connectivity index (χ2v) is 5.51. The van der Waals surface area contributed by atoms with Crippen molar-refractivity contribution in [1.82, 2.24) is 0 Å². The molecule has 0 bridgehead atoms. The Balaban J connectivity index is 1.74. The molecule has 3 aromatic rings. The van der Waals surface area contributed by atoms with Gasteiger partial charge in [0, 0.05) is 17.3 Å². The van der Waals surface area contributed by atoms with Gasteiger partial charge in [-0.2, -0.15) is 0 Å². The summed E-state index contributed by atoms with van der Waals surface area (Å²) in [6, 6.07) is 25.3. The van der Waals surface area contributed by atoms with Gasteiger partial charge in [0.2, 0.25) is 5.91 Å². The summed E-state index contributed by atoms with van der Waals surface area (Å²) in [4.78, 5) is 12.3. The number of hydrogen-bond donors (Lipinski definition) is 1. The number of carbonyl (C=O) groups excluding carboxylic acids is 1. The van der Waals surface area contributed by atoms with E-state index >= 15 is 0 Å². The van der Waals surface area contributed by atoms with Gasteiger partial charge in [-0.25, -0.2) is 0 Å². The molecular weight excluding hydrogens is 310 g/mol. The van der Waals surface area contributed by atoms with Gasteiger partial charge in [0.25, 0.3) is 0 Å². The second kappa shape index (κ2) is 7.97. The van der Waals surface area contributed by atoms with E-state index in [1.165, 1.54) is 6.08 Å². The Morgan fingerprint density at radius 1 is 0.880 bits per heavy atom. The molecule has 0 spiro atoms. The molecule has 3 rings (SSSR count). The lowest BCUT2D eigenvalue weighted by molar-refractivity contribution is -0.111. The van der Waals surface area contributed by atoms with Gasteiger partial charge in [-0.15, -0.1) is 0 Å². The normalized spacial score (nSPS) is 10.6. The van der Waals surface area contributed by atoms with Crippen LogP contribution < -0.4 is 10.1 Å². The van der Waals surface area contributed by atoms with E-state index in [-0.39, 0.29) is 5.91 Å². The molecule has 0 aromatic heterocycles. The van der Waals surface area contributed by atoms with Gasteiger partial charge in [-0.05, 0) is 35.4 Å². The summed E-state index contributed by atoms with van der Waals surface area (Å²) >= 11 is 0. The number of hydrogen-bond acceptors (Lipinski definition) is 2. The Morgan fingerprint density at radius 2 is 1.56 bits per heavy atom. The predicted molar refractivity (Wildman–Crippen MR) is 103 cm³/mol. The van der Waals surface area contributed by atoms with E-state index in [4.69, 9.17) is 4.74 Å². The highest BCUT2D eigenvalue weighted by atomic mass is 16.5. The third-order valence-corrected chi connectivity index (χ3v) is 3.81. The standard InChI is InChI=1S/C22H19NO2/c1-25-19-14-11-17(12-15-19)13-16-22(24)23-21-10-6-5-9-20(21)18-7-3-2-4-8-18/h2-16H,1H3,(H,23,24)/b16-13+. The first-order chi connectivity index (χ1) is 12.3. The van der Waals surface area contributed by atoms with Crippen LogP contribution in [0.25, 0.3) is 17.2 Å². The van der Waals surface area contributed by atoms with E-state index in [9.17, 15) is 4.79 Å². The maximum atomic E-state index is 12.3. The predicted octanol–water partition coefficient (Wildman–Crippen LogP) is 5.01. The zero-order valence-electron chi connectivity index (χ0n) is 14.0. The van der Waals surface area contributed by atoms with Crippen molar-refractivity contribution in [3.05, 3.63) is 90.5 Å². The second-order valence-electron chi connectivity index (χ2n) is 5.51. The van der Waals surface area contributed by atoms with E-state index in [0.717, 1.165) is 28.1 Å². The molecule has 0 fully saturated rings. The van der Waals surface area contributed by atoms with E-state index < -0.39 is 0 Å². The maximum Gasteiger partial charge on any atom is 0.248 e. The molecule has 1 amide bonds. The Kier molecular flexibility index (Phi) is 5.27. The largest absolute Gasteiger partial charge is 0.497 e. The SMILES string of the molecule is COc1ccc(/C=C/C(=O)Nc2ccccc2-c2ccccc2)cc1. The van der Waals surface area contributed by atoms with E-state index in [0.29, 0.717) is 0 Å². The molecule has 0 aliphatic rings. The molecule has 0 unspecified atom stereocenters. The number of amides is 1. The first-order valence-corrected chi connectivity index (χ1v) is 8.04. The Hall–Kier alpha value is -3.33. The Morgan fingerprint density at radius 3 is 2.28 bits per heavy atom. The van der Waals surface area contributed by atoms with Crippen molar-refractivity contribution in [2.24, 2.45) is 0 Å². The zero-order valence-corrected chi connectivity index (χ0v) is 14.0. The molecule has 0 heterocycles. The molecule has 3 heteroatoms. The van der Waals surface area contributed by atoms with Gasteiger partial charge < -0.3 is 10.1 Å². The molecule has 3 aromatic carbocycles. The first kappa shape index (κ1) is 16.5.